The molecule has 0 bridgehead atoms. The number of halogens is 3. The fraction of sp³-hybridized carbons (Fsp3) is 0.167. The van der Waals surface area contributed by atoms with Crippen LogP contribution in [0, 0.1) is 12.3 Å². The molecule has 1 rings (SSSR count). The number of carbonyl (C=O) groups excluding carboxylic acids is 1. The Bertz CT molecular complexity index is 322. The van der Waals surface area contributed by atoms with Gasteiger partial charge in [-0.2, -0.15) is 4.39 Å². The van der Waals surface area contributed by atoms with Crippen LogP contribution < -0.4 is 5.11 Å². The summed E-state index contributed by atoms with van der Waals surface area (Å²) in [5.74, 6) is -2.04. The number of carboxylic acid groups (broad SMARTS) is 1. The van der Waals surface area contributed by atoms with Gasteiger partial charge in [0.15, 0.2) is 0 Å². The van der Waals surface area contributed by atoms with Gasteiger partial charge in [-0.05, 0) is 22.6 Å². The summed E-state index contributed by atoms with van der Waals surface area (Å²) in [6, 6.07) is 0. The minimum absolute atomic E-state index is 0.205. The Balaban J connectivity index is 3.48. The van der Waals surface area contributed by atoms with Crippen LogP contribution in [0.1, 0.15) is 9.67 Å². The number of rotatable bonds is 1. The van der Waals surface area contributed by atoms with E-state index in [2.05, 4.69) is 0 Å². The monoisotopic (exact) mass is 412 g/mol. The Hall–Kier alpha value is 0.560. The van der Waals surface area contributed by atoms with Crippen molar-refractivity contribution < 1.29 is 14.3 Å². The number of hydrogen-bond acceptors (Lipinski definition) is 2. The first-order chi connectivity index (χ1) is 5.46. The van der Waals surface area contributed by atoms with Crippen molar-refractivity contribution in [1.29, 1.82) is 0 Å². The molecule has 1 unspecified atom stereocenters. The van der Waals surface area contributed by atoms with E-state index in [1.807, 2.05) is 22.6 Å². The minimum Gasteiger partial charge on any atom is -0.540 e. The van der Waals surface area contributed by atoms with Crippen LogP contribution in [0.2, 0.25) is 0 Å². The molecular weight excluding hydrogens is 409 g/mol. The number of thiophene rings is 1. The molecule has 0 aromatic carbocycles. The third kappa shape index (κ3) is 1.60. The summed E-state index contributed by atoms with van der Waals surface area (Å²) in [5, 5.41) is 10.5. The minimum atomic E-state index is -1.40. The van der Waals surface area contributed by atoms with E-state index in [9.17, 15) is 14.3 Å². The molecule has 0 N–H and O–H groups in total. The first-order valence-corrected chi connectivity index (χ1v) is 6.58. The zero-order valence-electron chi connectivity index (χ0n) is 5.86. The third-order valence-electron chi connectivity index (χ3n) is 1.33. The summed E-state index contributed by atoms with van der Waals surface area (Å²) in [6.07, 6.45) is 1.68. The maximum absolute atomic E-state index is 13.1. The van der Waals surface area contributed by atoms with Gasteiger partial charge in [0.05, 0.1) is 0 Å². The van der Waals surface area contributed by atoms with Crippen molar-refractivity contribution in [2.24, 2.45) is 6.26 Å². The number of carbonyl (C=O) groups is 1. The van der Waals surface area contributed by atoms with E-state index >= 15 is 0 Å². The number of carboxylic acids is 1. The van der Waals surface area contributed by atoms with Gasteiger partial charge in [-0.15, -0.1) is 0 Å². The lowest BCUT2D eigenvalue weighted by molar-refractivity contribution is -0.254. The molecule has 1 atom stereocenters. The standard InChI is InChI=1S/C6H3FI2O2S/c1-12-4(6(10)11)2(7)3(8)5(12)9/h1H3. The first kappa shape index (κ1) is 10.6. The molecule has 2 nitrogen and oxygen atoms in total. The highest BCUT2D eigenvalue weighted by atomic mass is 127. The topological polar surface area (TPSA) is 40.1 Å². The maximum atomic E-state index is 13.1. The second-order valence-electron chi connectivity index (χ2n) is 2.03. The fourth-order valence-corrected chi connectivity index (χ4v) is 4.26. The highest BCUT2D eigenvalue weighted by molar-refractivity contribution is 14.1. The molecule has 1 heterocycles. The molecule has 1 aromatic rings. The van der Waals surface area contributed by atoms with E-state index in [4.69, 9.17) is 0 Å². The maximum Gasteiger partial charge on any atom is 0.233 e. The predicted molar refractivity (Wildman–Crippen MR) is 59.6 cm³/mol. The Morgan fingerprint density at radius 3 is 2.25 bits per heavy atom. The lowest BCUT2D eigenvalue weighted by atomic mass is 10.4. The highest BCUT2D eigenvalue weighted by Gasteiger charge is 2.28. The van der Waals surface area contributed by atoms with E-state index < -0.39 is 22.3 Å². The van der Waals surface area contributed by atoms with Crippen LogP contribution in [0.25, 0.3) is 0 Å². The molecule has 0 radical (unpaired) electrons. The second-order valence-corrected chi connectivity index (χ2v) is 6.76. The van der Waals surface area contributed by atoms with Crippen LogP contribution in [-0.4, -0.2) is 5.97 Å². The van der Waals surface area contributed by atoms with Crippen LogP contribution in [0.3, 0.4) is 0 Å². The number of hydrogen-bond donors (Lipinski definition) is 0. The van der Waals surface area contributed by atoms with E-state index in [-0.39, 0.29) is 4.88 Å². The zero-order chi connectivity index (χ0) is 9.46. The summed E-state index contributed by atoms with van der Waals surface area (Å²) in [7, 11) is -0.644. The van der Waals surface area contributed by atoms with Gasteiger partial charge in [0.1, 0.15) is 15.8 Å². The summed E-state index contributed by atoms with van der Waals surface area (Å²) in [4.78, 5) is 10.3. The Kier molecular flexibility index (Phi) is 3.32. The normalized spacial score (nSPS) is 11.8. The molecule has 0 amide bonds. The van der Waals surface area contributed by atoms with Crippen molar-refractivity contribution in [3.8, 4) is 0 Å². The van der Waals surface area contributed by atoms with Crippen LogP contribution in [-0.2, 0) is 6.26 Å². The molecule has 0 saturated carbocycles. The van der Waals surface area contributed by atoms with Gasteiger partial charge in [-0.3, -0.25) is 0 Å². The lowest BCUT2D eigenvalue weighted by Crippen LogP contribution is -2.22. The van der Waals surface area contributed by atoms with E-state index in [1.54, 1.807) is 28.8 Å². The Morgan fingerprint density at radius 1 is 1.58 bits per heavy atom. The molecule has 1 aromatic heterocycles. The van der Waals surface area contributed by atoms with Crippen LogP contribution in [0.15, 0.2) is 0 Å². The van der Waals surface area contributed by atoms with Crippen molar-refractivity contribution in [3.63, 3.8) is 0 Å². The second kappa shape index (κ2) is 3.74. The van der Waals surface area contributed by atoms with Crippen LogP contribution in [0.4, 0.5) is 4.39 Å². The predicted octanol–water partition coefficient (Wildman–Crippen LogP) is 1.68. The van der Waals surface area contributed by atoms with Crippen LogP contribution >= 0.6 is 55.7 Å². The van der Waals surface area contributed by atoms with Gasteiger partial charge in [0.2, 0.25) is 13.6 Å². The lowest BCUT2D eigenvalue weighted by Gasteiger charge is -1.92. The SMILES string of the molecule is C[s+]1c(I)c(I)c(F)c1C(=O)[O-]. The van der Waals surface area contributed by atoms with Crippen molar-refractivity contribution in [3.05, 3.63) is 17.1 Å². The van der Waals surface area contributed by atoms with Crippen molar-refractivity contribution in [2.45, 2.75) is 0 Å². The first-order valence-electron chi connectivity index (χ1n) is 2.79. The van der Waals surface area contributed by atoms with Gasteiger partial charge in [0, 0.05) is 33.1 Å². The molecule has 12 heavy (non-hydrogen) atoms. The van der Waals surface area contributed by atoms with E-state index in [0.717, 1.165) is 2.88 Å². The molecule has 0 fully saturated rings. The molecule has 66 valence electrons. The summed E-state index contributed by atoms with van der Waals surface area (Å²) >= 11 is 3.76. The van der Waals surface area contributed by atoms with E-state index in [1.165, 1.54) is 0 Å². The fourth-order valence-electron chi connectivity index (χ4n) is 0.759. The van der Waals surface area contributed by atoms with Crippen molar-refractivity contribution in [2.75, 3.05) is 0 Å². The smallest absolute Gasteiger partial charge is 0.233 e. The van der Waals surface area contributed by atoms with Gasteiger partial charge in [-0.1, -0.05) is 0 Å². The van der Waals surface area contributed by atoms with Gasteiger partial charge in [0.25, 0.3) is 0 Å². The Labute approximate surface area is 98.4 Å². The van der Waals surface area contributed by atoms with Crippen LogP contribution in [0.5, 0.6) is 0 Å². The average molecular weight is 412 g/mol. The zero-order valence-corrected chi connectivity index (χ0v) is 11.0. The largest absolute Gasteiger partial charge is 0.540 e. The van der Waals surface area contributed by atoms with Gasteiger partial charge in [-0.25, -0.2) is 0 Å². The third-order valence-corrected chi connectivity index (χ3v) is 7.96. The van der Waals surface area contributed by atoms with Gasteiger partial charge >= 0.3 is 0 Å². The summed E-state index contributed by atoms with van der Waals surface area (Å²) in [5.41, 5.74) is 0. The molecule has 0 aliphatic heterocycles. The van der Waals surface area contributed by atoms with E-state index in [0.29, 0.717) is 3.57 Å². The summed E-state index contributed by atoms with van der Waals surface area (Å²) in [6.45, 7) is 0. The highest BCUT2D eigenvalue weighted by Crippen LogP contribution is 2.36. The summed E-state index contributed by atoms with van der Waals surface area (Å²) < 4.78 is 14.3. The molecule has 0 aliphatic rings. The number of aromatic carboxylic acids is 1. The molecular formula is C6H3FI2O2S. The van der Waals surface area contributed by atoms with Crippen molar-refractivity contribution in [1.82, 2.24) is 0 Å². The molecule has 0 aliphatic carbocycles. The average Bonchev–Trinajstić information content (AvgIpc) is 2.16. The molecule has 6 heteroatoms. The Morgan fingerprint density at radius 2 is 2.08 bits per heavy atom. The van der Waals surface area contributed by atoms with Gasteiger partial charge < -0.3 is 9.90 Å². The van der Waals surface area contributed by atoms with Crippen molar-refractivity contribution >= 4 is 61.6 Å². The molecule has 0 spiro atoms. The quantitative estimate of drug-likeness (QED) is 0.521. The molecule has 0 saturated heterocycles.